The highest BCUT2D eigenvalue weighted by Gasteiger charge is 2.26. The van der Waals surface area contributed by atoms with Gasteiger partial charge >= 0.3 is 0 Å². The Hall–Kier alpha value is 0.270. The van der Waals surface area contributed by atoms with Crippen molar-refractivity contribution in [3.05, 3.63) is 0 Å². The molecule has 0 radical (unpaired) electrons. The highest BCUT2D eigenvalue weighted by Crippen LogP contribution is 2.27. The molecule has 3 unspecified atom stereocenters. The lowest BCUT2D eigenvalue weighted by Crippen LogP contribution is -2.55. The van der Waals surface area contributed by atoms with Gasteiger partial charge in [-0.1, -0.05) is 0 Å². The zero-order valence-corrected chi connectivity index (χ0v) is 10.1. The van der Waals surface area contributed by atoms with Gasteiger partial charge in [0.05, 0.1) is 0 Å². The van der Waals surface area contributed by atoms with Crippen molar-refractivity contribution in [1.82, 2.24) is 10.2 Å². The fourth-order valence-electron chi connectivity index (χ4n) is 2.40. The van der Waals surface area contributed by atoms with Crippen LogP contribution in [-0.2, 0) is 0 Å². The van der Waals surface area contributed by atoms with E-state index in [2.05, 4.69) is 35.8 Å². The lowest BCUT2D eigenvalue weighted by Gasteiger charge is -2.38. The molecule has 0 aromatic rings. The summed E-state index contributed by atoms with van der Waals surface area (Å²) in [5.74, 6) is 1.39. The molecule has 0 aromatic heterocycles. The van der Waals surface area contributed by atoms with Crippen molar-refractivity contribution in [3.8, 4) is 0 Å². The van der Waals surface area contributed by atoms with Gasteiger partial charge in [-0.25, -0.2) is 0 Å². The molecule has 14 heavy (non-hydrogen) atoms. The van der Waals surface area contributed by atoms with Crippen molar-refractivity contribution in [2.75, 3.05) is 25.4 Å². The van der Waals surface area contributed by atoms with Crippen molar-refractivity contribution < 1.29 is 0 Å². The first-order valence-electron chi connectivity index (χ1n) is 5.84. The van der Waals surface area contributed by atoms with Gasteiger partial charge < -0.3 is 5.32 Å². The second-order valence-corrected chi connectivity index (χ2v) is 6.16. The first-order valence-corrected chi connectivity index (χ1v) is 6.89. The molecule has 1 N–H and O–H groups in total. The Labute approximate surface area is 91.8 Å². The third-order valence-corrected chi connectivity index (χ3v) is 4.74. The van der Waals surface area contributed by atoms with Crippen LogP contribution in [0.3, 0.4) is 0 Å². The van der Waals surface area contributed by atoms with Gasteiger partial charge in [0.25, 0.3) is 0 Å². The third-order valence-electron chi connectivity index (χ3n) is 3.36. The van der Waals surface area contributed by atoms with Gasteiger partial charge in [0.2, 0.25) is 0 Å². The van der Waals surface area contributed by atoms with Crippen molar-refractivity contribution >= 4 is 11.8 Å². The Balaban J connectivity index is 1.82. The summed E-state index contributed by atoms with van der Waals surface area (Å²) in [5, 5.41) is 4.46. The molecule has 2 saturated heterocycles. The van der Waals surface area contributed by atoms with E-state index in [-0.39, 0.29) is 0 Å². The van der Waals surface area contributed by atoms with Gasteiger partial charge in [-0.05, 0) is 32.4 Å². The summed E-state index contributed by atoms with van der Waals surface area (Å²) in [6, 6.07) is 1.41. The van der Waals surface area contributed by atoms with Gasteiger partial charge in [0.1, 0.15) is 0 Å². The molecule has 82 valence electrons. The van der Waals surface area contributed by atoms with E-state index >= 15 is 0 Å². The molecular formula is C11H22N2S. The minimum absolute atomic E-state index is 0.678. The summed E-state index contributed by atoms with van der Waals surface area (Å²) in [6.07, 6.45) is 2.88. The molecular weight excluding hydrogens is 192 g/mol. The summed E-state index contributed by atoms with van der Waals surface area (Å²) < 4.78 is 0. The van der Waals surface area contributed by atoms with Crippen LogP contribution in [0, 0.1) is 0 Å². The number of rotatable bonds is 2. The Morgan fingerprint density at radius 1 is 1.43 bits per heavy atom. The van der Waals surface area contributed by atoms with Gasteiger partial charge in [-0.2, -0.15) is 11.8 Å². The largest absolute Gasteiger partial charge is 0.311 e. The molecule has 3 heteroatoms. The van der Waals surface area contributed by atoms with E-state index in [1.807, 2.05) is 0 Å². The molecule has 0 amide bonds. The normalized spacial score (nSPS) is 40.3. The topological polar surface area (TPSA) is 15.3 Å². The molecule has 2 fully saturated rings. The molecule has 2 aliphatic rings. The van der Waals surface area contributed by atoms with Gasteiger partial charge in [0, 0.05) is 37.0 Å². The molecule has 2 heterocycles. The average Bonchev–Trinajstić information content (AvgIpc) is 2.64. The smallest absolute Gasteiger partial charge is 0.0193 e. The molecule has 2 rings (SSSR count). The van der Waals surface area contributed by atoms with Gasteiger partial charge in [-0.3, -0.25) is 4.90 Å². The first kappa shape index (κ1) is 10.8. The molecule has 3 atom stereocenters. The molecule has 2 aliphatic heterocycles. The summed E-state index contributed by atoms with van der Waals surface area (Å²) in [6.45, 7) is 8.35. The molecule has 0 spiro atoms. The zero-order valence-electron chi connectivity index (χ0n) is 9.33. The van der Waals surface area contributed by atoms with Crippen LogP contribution < -0.4 is 5.32 Å². The van der Waals surface area contributed by atoms with E-state index in [9.17, 15) is 0 Å². The molecule has 0 bridgehead atoms. The highest BCUT2D eigenvalue weighted by molar-refractivity contribution is 8.00. The number of nitrogens with zero attached hydrogens (tertiary/aromatic N) is 1. The van der Waals surface area contributed by atoms with Crippen molar-refractivity contribution in [3.63, 3.8) is 0 Å². The number of hydrogen-bond donors (Lipinski definition) is 1. The van der Waals surface area contributed by atoms with Crippen molar-refractivity contribution in [2.45, 2.75) is 44.0 Å². The molecule has 0 aromatic carbocycles. The van der Waals surface area contributed by atoms with E-state index in [1.54, 1.807) is 0 Å². The Morgan fingerprint density at radius 2 is 2.29 bits per heavy atom. The van der Waals surface area contributed by atoms with Crippen molar-refractivity contribution in [1.29, 1.82) is 0 Å². The number of thioether (sulfide) groups is 1. The number of piperazine rings is 1. The molecule has 0 aliphatic carbocycles. The average molecular weight is 214 g/mol. The van der Waals surface area contributed by atoms with Crippen LogP contribution in [0.1, 0.15) is 26.7 Å². The predicted molar refractivity (Wildman–Crippen MR) is 64.0 cm³/mol. The Bertz CT molecular complexity index is 180. The zero-order chi connectivity index (χ0) is 9.97. The SMILES string of the molecule is CC1CN(CC2CCCS2)C(C)CN1. The minimum Gasteiger partial charge on any atom is -0.311 e. The van der Waals surface area contributed by atoms with Gasteiger partial charge in [-0.15, -0.1) is 0 Å². The maximum atomic E-state index is 3.54. The van der Waals surface area contributed by atoms with Crippen LogP contribution in [0.25, 0.3) is 0 Å². The number of hydrogen-bond acceptors (Lipinski definition) is 3. The van der Waals surface area contributed by atoms with E-state index < -0.39 is 0 Å². The van der Waals surface area contributed by atoms with Crippen LogP contribution in [0.2, 0.25) is 0 Å². The monoisotopic (exact) mass is 214 g/mol. The summed E-state index contributed by atoms with van der Waals surface area (Å²) in [7, 11) is 0. The molecule has 0 saturated carbocycles. The van der Waals surface area contributed by atoms with Crippen LogP contribution >= 0.6 is 11.8 Å². The van der Waals surface area contributed by atoms with E-state index in [0.29, 0.717) is 6.04 Å². The van der Waals surface area contributed by atoms with E-state index in [4.69, 9.17) is 0 Å². The predicted octanol–water partition coefficient (Wildman–Crippen LogP) is 1.56. The maximum Gasteiger partial charge on any atom is 0.0193 e. The summed E-state index contributed by atoms with van der Waals surface area (Å²) >= 11 is 2.18. The van der Waals surface area contributed by atoms with Crippen LogP contribution in [-0.4, -0.2) is 47.6 Å². The standard InChI is InChI=1S/C11H22N2S/c1-9-7-13(10(2)6-12-9)8-11-4-3-5-14-11/h9-12H,3-8H2,1-2H3. The van der Waals surface area contributed by atoms with E-state index in [0.717, 1.165) is 11.3 Å². The lowest BCUT2D eigenvalue weighted by atomic mass is 10.1. The van der Waals surface area contributed by atoms with E-state index in [1.165, 1.54) is 38.2 Å². The second kappa shape index (κ2) is 4.86. The number of nitrogens with one attached hydrogen (secondary N) is 1. The second-order valence-electron chi connectivity index (χ2n) is 4.75. The van der Waals surface area contributed by atoms with Crippen LogP contribution in [0.4, 0.5) is 0 Å². The van der Waals surface area contributed by atoms with Crippen LogP contribution in [0.15, 0.2) is 0 Å². The molecule has 2 nitrogen and oxygen atoms in total. The lowest BCUT2D eigenvalue weighted by molar-refractivity contribution is 0.147. The Kier molecular flexibility index (Phi) is 3.74. The van der Waals surface area contributed by atoms with Crippen molar-refractivity contribution in [2.24, 2.45) is 0 Å². The summed E-state index contributed by atoms with van der Waals surface area (Å²) in [4.78, 5) is 2.67. The third kappa shape index (κ3) is 2.65. The maximum absolute atomic E-state index is 3.54. The summed E-state index contributed by atoms with van der Waals surface area (Å²) in [5.41, 5.74) is 0. The minimum atomic E-state index is 0.678. The Morgan fingerprint density at radius 3 is 3.00 bits per heavy atom. The first-order chi connectivity index (χ1) is 6.75. The fraction of sp³-hybridized carbons (Fsp3) is 1.00. The van der Waals surface area contributed by atoms with Gasteiger partial charge in [0.15, 0.2) is 0 Å². The fourth-order valence-corrected chi connectivity index (χ4v) is 3.70. The van der Waals surface area contributed by atoms with Crippen LogP contribution in [0.5, 0.6) is 0 Å². The highest BCUT2D eigenvalue weighted by atomic mass is 32.2. The quantitative estimate of drug-likeness (QED) is 0.751.